The number of unbranched alkanes of at least 4 members (excludes halogenated alkanes) is 25. The van der Waals surface area contributed by atoms with E-state index in [9.17, 15) is 9.59 Å². The van der Waals surface area contributed by atoms with Gasteiger partial charge in [-0.25, -0.2) is 0 Å². The molecule has 0 aromatic carbocycles. The molecule has 0 spiro atoms. The highest BCUT2D eigenvalue weighted by molar-refractivity contribution is 5.69. The predicted molar refractivity (Wildman–Crippen MR) is 172 cm³/mol. The van der Waals surface area contributed by atoms with E-state index in [1.54, 1.807) is 0 Å². The van der Waals surface area contributed by atoms with Gasteiger partial charge in [-0.3, -0.25) is 9.59 Å². The van der Waals surface area contributed by atoms with Crippen LogP contribution in [0, 0.1) is 0 Å². The Kier molecular flexibility index (Phi) is 33.2. The van der Waals surface area contributed by atoms with Gasteiger partial charge in [0.2, 0.25) is 0 Å². The lowest BCUT2D eigenvalue weighted by Gasteiger charge is -2.07. The SMILES string of the molecule is CCCCCCCCCCCCCCCC(=O)OCCCCOC(=O)CCCCCCCCCCCCCCC. The molecule has 238 valence electrons. The molecular weight excluding hydrogens is 496 g/mol. The Bertz CT molecular complexity index is 473. The summed E-state index contributed by atoms with van der Waals surface area (Å²) in [6.45, 7) is 5.42. The molecule has 0 aliphatic rings. The minimum atomic E-state index is -0.0810. The molecule has 40 heavy (non-hydrogen) atoms. The Balaban J connectivity index is 3.26. The van der Waals surface area contributed by atoms with Gasteiger partial charge in [0, 0.05) is 12.8 Å². The van der Waals surface area contributed by atoms with E-state index in [-0.39, 0.29) is 11.9 Å². The van der Waals surface area contributed by atoms with Gasteiger partial charge in [0.25, 0.3) is 0 Å². The smallest absolute Gasteiger partial charge is 0.305 e. The predicted octanol–water partition coefficient (Wildman–Crippen LogP) is 11.8. The summed E-state index contributed by atoms with van der Waals surface area (Å²) < 4.78 is 10.7. The molecule has 0 saturated carbocycles. The quantitative estimate of drug-likeness (QED) is 0.0585. The van der Waals surface area contributed by atoms with Gasteiger partial charge in [0.05, 0.1) is 13.2 Å². The lowest BCUT2D eigenvalue weighted by Crippen LogP contribution is -2.08. The zero-order valence-electron chi connectivity index (χ0n) is 27.3. The fourth-order valence-electron chi connectivity index (χ4n) is 5.29. The van der Waals surface area contributed by atoms with E-state index in [0.29, 0.717) is 26.1 Å². The van der Waals surface area contributed by atoms with Gasteiger partial charge in [-0.15, -0.1) is 0 Å². The van der Waals surface area contributed by atoms with E-state index < -0.39 is 0 Å². The van der Waals surface area contributed by atoms with Crippen LogP contribution < -0.4 is 0 Å². The van der Waals surface area contributed by atoms with Crippen LogP contribution in [0.25, 0.3) is 0 Å². The van der Waals surface area contributed by atoms with Crippen molar-refractivity contribution in [3.63, 3.8) is 0 Å². The second kappa shape index (κ2) is 34.1. The summed E-state index contributed by atoms with van der Waals surface area (Å²) in [7, 11) is 0. The van der Waals surface area contributed by atoms with Crippen LogP contribution >= 0.6 is 0 Å². The minimum absolute atomic E-state index is 0.0810. The number of esters is 2. The summed E-state index contributed by atoms with van der Waals surface area (Å²) in [4.78, 5) is 23.8. The van der Waals surface area contributed by atoms with Crippen molar-refractivity contribution in [3.8, 4) is 0 Å². The molecule has 0 aliphatic carbocycles. The normalized spacial score (nSPS) is 11.2. The average molecular weight is 567 g/mol. The summed E-state index contributed by atoms with van der Waals surface area (Å²) in [5.74, 6) is -0.162. The summed E-state index contributed by atoms with van der Waals surface area (Å²) in [5, 5.41) is 0. The Morgan fingerprint density at radius 3 is 0.800 bits per heavy atom. The Labute approximate surface area is 250 Å². The van der Waals surface area contributed by atoms with E-state index in [2.05, 4.69) is 13.8 Å². The van der Waals surface area contributed by atoms with Crippen LogP contribution in [0.2, 0.25) is 0 Å². The monoisotopic (exact) mass is 567 g/mol. The Hall–Kier alpha value is -1.06. The van der Waals surface area contributed by atoms with E-state index >= 15 is 0 Å². The number of ether oxygens (including phenoxy) is 2. The third kappa shape index (κ3) is 33.1. The second-order valence-corrected chi connectivity index (χ2v) is 12.1. The maximum absolute atomic E-state index is 11.9. The molecule has 0 heterocycles. The van der Waals surface area contributed by atoms with Crippen molar-refractivity contribution in [2.24, 2.45) is 0 Å². The third-order valence-electron chi connectivity index (χ3n) is 8.03. The molecular formula is C36H70O4. The minimum Gasteiger partial charge on any atom is -0.466 e. The molecule has 0 rings (SSSR count). The zero-order chi connectivity index (χ0) is 29.2. The third-order valence-corrected chi connectivity index (χ3v) is 8.03. The molecule has 0 radical (unpaired) electrons. The van der Waals surface area contributed by atoms with Gasteiger partial charge in [-0.1, -0.05) is 168 Å². The molecule has 0 unspecified atom stereocenters. The fraction of sp³-hybridized carbons (Fsp3) is 0.944. The van der Waals surface area contributed by atoms with E-state index in [1.165, 1.54) is 141 Å². The van der Waals surface area contributed by atoms with E-state index in [4.69, 9.17) is 9.47 Å². The summed E-state index contributed by atoms with van der Waals surface area (Å²) in [6.07, 6.45) is 36.7. The molecule has 0 saturated heterocycles. The van der Waals surface area contributed by atoms with Crippen LogP contribution in [0.1, 0.15) is 206 Å². The standard InChI is InChI=1S/C36H70O4/c1-3-5-7-9-11-13-15-17-19-21-23-25-27-31-35(37)39-33-29-30-34-40-36(38)32-28-26-24-22-20-18-16-14-12-10-8-6-4-2/h3-34H2,1-2H3. The molecule has 4 heteroatoms. The number of carbonyl (C=O) groups is 2. The van der Waals surface area contributed by atoms with E-state index in [1.807, 2.05) is 0 Å². The molecule has 0 fully saturated rings. The first kappa shape index (κ1) is 38.9. The lowest BCUT2D eigenvalue weighted by molar-refractivity contribution is -0.146. The Morgan fingerprint density at radius 1 is 0.325 bits per heavy atom. The number of carbonyl (C=O) groups excluding carboxylic acids is 2. The van der Waals surface area contributed by atoms with Crippen LogP contribution in [0.5, 0.6) is 0 Å². The first-order valence-electron chi connectivity index (χ1n) is 18.0. The highest BCUT2D eigenvalue weighted by atomic mass is 16.5. The molecule has 4 nitrogen and oxygen atoms in total. The lowest BCUT2D eigenvalue weighted by atomic mass is 10.0. The molecule has 0 aliphatic heterocycles. The first-order valence-corrected chi connectivity index (χ1v) is 18.0. The van der Waals surface area contributed by atoms with Crippen molar-refractivity contribution in [1.82, 2.24) is 0 Å². The van der Waals surface area contributed by atoms with Crippen LogP contribution in [0.3, 0.4) is 0 Å². The van der Waals surface area contributed by atoms with Crippen LogP contribution in [-0.2, 0) is 19.1 Å². The van der Waals surface area contributed by atoms with Crippen molar-refractivity contribution in [3.05, 3.63) is 0 Å². The molecule has 0 aromatic rings. The van der Waals surface area contributed by atoms with Gasteiger partial charge >= 0.3 is 11.9 Å². The number of hydrogen-bond donors (Lipinski definition) is 0. The van der Waals surface area contributed by atoms with Gasteiger partial charge < -0.3 is 9.47 Å². The van der Waals surface area contributed by atoms with Crippen molar-refractivity contribution < 1.29 is 19.1 Å². The molecule has 0 amide bonds. The highest BCUT2D eigenvalue weighted by Crippen LogP contribution is 2.14. The summed E-state index contributed by atoms with van der Waals surface area (Å²) in [5.41, 5.74) is 0. The van der Waals surface area contributed by atoms with Crippen molar-refractivity contribution in [1.29, 1.82) is 0 Å². The fourth-order valence-corrected chi connectivity index (χ4v) is 5.29. The highest BCUT2D eigenvalue weighted by Gasteiger charge is 2.05. The average Bonchev–Trinajstić information content (AvgIpc) is 2.95. The van der Waals surface area contributed by atoms with Gasteiger partial charge in [0.15, 0.2) is 0 Å². The Morgan fingerprint density at radius 2 is 0.550 bits per heavy atom. The van der Waals surface area contributed by atoms with Crippen molar-refractivity contribution >= 4 is 11.9 Å². The maximum atomic E-state index is 11.9. The van der Waals surface area contributed by atoms with Gasteiger partial charge in [-0.05, 0) is 25.7 Å². The van der Waals surface area contributed by atoms with Crippen LogP contribution in [0.15, 0.2) is 0 Å². The van der Waals surface area contributed by atoms with E-state index in [0.717, 1.165) is 38.5 Å². The van der Waals surface area contributed by atoms with Crippen LogP contribution in [-0.4, -0.2) is 25.2 Å². The molecule has 0 N–H and O–H groups in total. The van der Waals surface area contributed by atoms with Gasteiger partial charge in [0.1, 0.15) is 0 Å². The number of rotatable bonds is 33. The van der Waals surface area contributed by atoms with Crippen molar-refractivity contribution in [2.45, 2.75) is 206 Å². The largest absolute Gasteiger partial charge is 0.466 e. The van der Waals surface area contributed by atoms with Crippen LogP contribution in [0.4, 0.5) is 0 Å². The van der Waals surface area contributed by atoms with Crippen molar-refractivity contribution in [2.75, 3.05) is 13.2 Å². The summed E-state index contributed by atoms with van der Waals surface area (Å²) in [6, 6.07) is 0. The molecule has 0 bridgehead atoms. The zero-order valence-corrected chi connectivity index (χ0v) is 27.3. The molecule has 0 aromatic heterocycles. The molecule has 0 atom stereocenters. The topological polar surface area (TPSA) is 52.6 Å². The first-order chi connectivity index (χ1) is 19.7. The maximum Gasteiger partial charge on any atom is 0.305 e. The van der Waals surface area contributed by atoms with Gasteiger partial charge in [-0.2, -0.15) is 0 Å². The number of hydrogen-bond acceptors (Lipinski definition) is 4. The second-order valence-electron chi connectivity index (χ2n) is 12.1. The summed E-state index contributed by atoms with van der Waals surface area (Å²) >= 11 is 0.